The minimum Gasteiger partial charge on any atom is -0.389 e. The first kappa shape index (κ1) is 29.8. The number of fused-ring (bicyclic) bond motifs is 3. The van der Waals surface area contributed by atoms with E-state index in [1.54, 1.807) is 13.8 Å². The third-order valence-electron chi connectivity index (χ3n) is 8.16. The number of aliphatic hydroxyl groups is 5. The Labute approximate surface area is 234 Å². The Hall–Kier alpha value is -1.29. The highest BCUT2D eigenvalue weighted by Crippen LogP contribution is 2.40. The smallest absolute Gasteiger partial charge is 0.189 e. The molecule has 0 radical (unpaired) electrons. The van der Waals surface area contributed by atoms with E-state index in [9.17, 15) is 25.5 Å². The highest BCUT2D eigenvalue weighted by molar-refractivity contribution is 5.02. The lowest BCUT2D eigenvalue weighted by Crippen LogP contribution is -2.53. The van der Waals surface area contributed by atoms with E-state index in [1.807, 2.05) is 0 Å². The molecule has 0 amide bonds. The molecule has 0 aromatic rings. The van der Waals surface area contributed by atoms with Gasteiger partial charge in [-0.15, -0.1) is 0 Å². The standard InChI is InChI=1S/C23H36N4O14/c1-23(2)40-17-11(25-26-24)14(37-22(17)41-23)8(28)3-27(4-9(29)15-12(31)18-20(38-15)35-6-33-18)5-10(30)16-13(32)19-21(39-16)36-7-34-19/h8-22,28-32H,3-7H2,1-2H3/t8?,9?,10?,11-,12+,13+,14+,15-,16-,17+,18-,19-,20+,21+,22+/m0/s1. The zero-order chi connectivity index (χ0) is 29.1. The fourth-order valence-corrected chi connectivity index (χ4v) is 6.30. The maximum Gasteiger partial charge on any atom is 0.189 e. The molecule has 6 fully saturated rings. The summed E-state index contributed by atoms with van der Waals surface area (Å²) in [5.41, 5.74) is 9.16. The monoisotopic (exact) mass is 592 g/mol. The number of nitrogens with zero attached hydrogens (tertiary/aromatic N) is 4. The van der Waals surface area contributed by atoms with Gasteiger partial charge in [0.25, 0.3) is 0 Å². The highest BCUT2D eigenvalue weighted by Gasteiger charge is 2.57. The van der Waals surface area contributed by atoms with Crippen molar-refractivity contribution in [1.82, 2.24) is 4.90 Å². The third-order valence-corrected chi connectivity index (χ3v) is 8.16. The summed E-state index contributed by atoms with van der Waals surface area (Å²) in [4.78, 5) is 4.37. The molecule has 0 aromatic heterocycles. The second-order valence-electron chi connectivity index (χ2n) is 11.4. The van der Waals surface area contributed by atoms with E-state index in [4.69, 9.17) is 48.2 Å². The first-order valence-corrected chi connectivity index (χ1v) is 13.5. The molecule has 5 N–H and O–H groups in total. The van der Waals surface area contributed by atoms with Crippen molar-refractivity contribution in [3.05, 3.63) is 10.4 Å². The summed E-state index contributed by atoms with van der Waals surface area (Å²) in [5, 5.41) is 58.4. The first-order valence-electron chi connectivity index (χ1n) is 13.5. The van der Waals surface area contributed by atoms with Crippen LogP contribution < -0.4 is 0 Å². The largest absolute Gasteiger partial charge is 0.389 e. The number of hydrogen-bond donors (Lipinski definition) is 5. The van der Waals surface area contributed by atoms with Gasteiger partial charge in [-0.05, 0) is 19.4 Å². The summed E-state index contributed by atoms with van der Waals surface area (Å²) in [7, 11) is 0. The van der Waals surface area contributed by atoms with Crippen LogP contribution >= 0.6 is 0 Å². The Morgan fingerprint density at radius 2 is 1.24 bits per heavy atom. The van der Waals surface area contributed by atoms with Crippen molar-refractivity contribution in [3.8, 4) is 0 Å². The van der Waals surface area contributed by atoms with Crippen LogP contribution in [0, 0.1) is 0 Å². The van der Waals surface area contributed by atoms with Gasteiger partial charge < -0.3 is 68.2 Å². The van der Waals surface area contributed by atoms with E-state index in [0.717, 1.165) is 0 Å². The first-order chi connectivity index (χ1) is 19.6. The van der Waals surface area contributed by atoms with Crippen molar-refractivity contribution >= 4 is 0 Å². The predicted octanol–water partition coefficient (Wildman–Crippen LogP) is -3.16. The quantitative estimate of drug-likeness (QED) is 0.0956. The molecular formula is C23H36N4O14. The lowest BCUT2D eigenvalue weighted by Gasteiger charge is -2.35. The van der Waals surface area contributed by atoms with Crippen LogP contribution in [-0.2, 0) is 42.6 Å². The number of ether oxygens (including phenoxy) is 9. The molecule has 6 heterocycles. The number of azide groups is 1. The minimum atomic E-state index is -1.31. The Balaban J connectivity index is 1.15. The van der Waals surface area contributed by atoms with Crippen LogP contribution in [0.5, 0.6) is 0 Å². The fourth-order valence-electron chi connectivity index (χ4n) is 6.30. The van der Waals surface area contributed by atoms with E-state index in [-0.39, 0.29) is 33.2 Å². The maximum atomic E-state index is 11.3. The molecular weight excluding hydrogens is 556 g/mol. The number of rotatable bonds is 10. The topological polar surface area (TPSA) is 236 Å². The van der Waals surface area contributed by atoms with Crippen LogP contribution in [0.4, 0.5) is 0 Å². The number of hydrogen-bond acceptors (Lipinski definition) is 16. The summed E-state index contributed by atoms with van der Waals surface area (Å²) in [6.07, 6.45) is -14.4. The van der Waals surface area contributed by atoms with E-state index in [0.29, 0.717) is 0 Å². The lowest BCUT2D eigenvalue weighted by atomic mass is 10.0. The Kier molecular flexibility index (Phi) is 8.47. The van der Waals surface area contributed by atoms with Gasteiger partial charge in [-0.25, -0.2) is 0 Å². The fraction of sp³-hybridized carbons (Fsp3) is 1.00. The van der Waals surface area contributed by atoms with Crippen molar-refractivity contribution in [2.45, 2.75) is 112 Å². The van der Waals surface area contributed by atoms with Gasteiger partial charge in [0.1, 0.15) is 42.7 Å². The molecule has 3 unspecified atom stereocenters. The molecule has 0 saturated carbocycles. The van der Waals surface area contributed by atoms with Gasteiger partial charge in [0.05, 0.1) is 30.5 Å². The molecule has 0 aromatic carbocycles. The highest BCUT2D eigenvalue weighted by atomic mass is 16.8. The summed E-state index contributed by atoms with van der Waals surface area (Å²) >= 11 is 0. The average molecular weight is 593 g/mol. The van der Waals surface area contributed by atoms with Crippen LogP contribution in [0.2, 0.25) is 0 Å². The van der Waals surface area contributed by atoms with Gasteiger partial charge in [-0.3, -0.25) is 4.90 Å². The van der Waals surface area contributed by atoms with Crippen molar-refractivity contribution in [1.29, 1.82) is 0 Å². The van der Waals surface area contributed by atoms with Gasteiger partial charge in [0.2, 0.25) is 0 Å². The maximum absolute atomic E-state index is 11.3. The van der Waals surface area contributed by atoms with Gasteiger partial charge in [-0.1, -0.05) is 5.11 Å². The van der Waals surface area contributed by atoms with Gasteiger partial charge in [-0.2, -0.15) is 0 Å². The van der Waals surface area contributed by atoms with Crippen molar-refractivity contribution < 1.29 is 68.2 Å². The molecule has 0 aliphatic carbocycles. The zero-order valence-corrected chi connectivity index (χ0v) is 22.4. The summed E-state index contributed by atoms with van der Waals surface area (Å²) in [6, 6.07) is -0.930. The van der Waals surface area contributed by atoms with E-state index >= 15 is 0 Å². The summed E-state index contributed by atoms with van der Waals surface area (Å²) < 4.78 is 49.9. The van der Waals surface area contributed by atoms with Gasteiger partial charge in [0.15, 0.2) is 38.2 Å². The molecule has 18 nitrogen and oxygen atoms in total. The lowest BCUT2D eigenvalue weighted by molar-refractivity contribution is -0.217. The van der Waals surface area contributed by atoms with Crippen molar-refractivity contribution in [2.75, 3.05) is 33.2 Å². The Morgan fingerprint density at radius 1 is 0.756 bits per heavy atom. The SMILES string of the molecule is CC1(C)O[C@H]2O[C@H](C(O)CN(CC(O)[C@@H]3O[C@H]4OCO[C@H]4[C@@H]3O)CC(O)[C@@H]3O[C@H]4OCO[C@H]4[C@@H]3O)[C@H](N=[N+]=[N-])[C@H]2O1. The van der Waals surface area contributed by atoms with Crippen LogP contribution in [-0.4, -0.2) is 161 Å². The van der Waals surface area contributed by atoms with Crippen LogP contribution in [0.25, 0.3) is 10.4 Å². The van der Waals surface area contributed by atoms with Gasteiger partial charge in [0, 0.05) is 24.5 Å². The van der Waals surface area contributed by atoms with E-state index in [2.05, 4.69) is 10.0 Å². The molecule has 232 valence electrons. The Bertz CT molecular complexity index is 948. The van der Waals surface area contributed by atoms with Crippen LogP contribution in [0.1, 0.15) is 13.8 Å². The predicted molar refractivity (Wildman–Crippen MR) is 127 cm³/mol. The third kappa shape index (κ3) is 5.69. The molecule has 15 atom stereocenters. The second-order valence-corrected chi connectivity index (χ2v) is 11.4. The Morgan fingerprint density at radius 3 is 1.73 bits per heavy atom. The molecule has 6 rings (SSSR count). The summed E-state index contributed by atoms with van der Waals surface area (Å²) in [6.45, 7) is 2.67. The van der Waals surface area contributed by atoms with Gasteiger partial charge >= 0.3 is 0 Å². The molecule has 6 aliphatic heterocycles. The number of aliphatic hydroxyl groups excluding tert-OH is 5. The van der Waals surface area contributed by atoms with Crippen molar-refractivity contribution in [2.24, 2.45) is 5.11 Å². The molecule has 41 heavy (non-hydrogen) atoms. The second kappa shape index (κ2) is 11.7. The minimum absolute atomic E-state index is 0.0425. The molecule has 6 saturated heterocycles. The van der Waals surface area contributed by atoms with Crippen LogP contribution in [0.15, 0.2) is 5.11 Å². The normalized spacial score (nSPS) is 46.7. The zero-order valence-electron chi connectivity index (χ0n) is 22.4. The summed E-state index contributed by atoms with van der Waals surface area (Å²) in [5.74, 6) is -0.976. The molecule has 0 bridgehead atoms. The van der Waals surface area contributed by atoms with E-state index < -0.39 is 97.8 Å². The molecule has 6 aliphatic rings. The van der Waals surface area contributed by atoms with E-state index in [1.165, 1.54) is 4.90 Å². The average Bonchev–Trinajstić information content (AvgIpc) is 3.72. The van der Waals surface area contributed by atoms with Crippen LogP contribution in [0.3, 0.4) is 0 Å². The van der Waals surface area contributed by atoms with Crippen molar-refractivity contribution in [3.63, 3.8) is 0 Å². The molecule has 18 heteroatoms. The molecule has 0 spiro atoms.